The van der Waals surface area contributed by atoms with E-state index in [1.807, 2.05) is 12.1 Å². The first-order chi connectivity index (χ1) is 10.1. The quantitative estimate of drug-likeness (QED) is 0.831. The third kappa shape index (κ3) is 4.58. The van der Waals surface area contributed by atoms with Crippen LogP contribution in [-0.4, -0.2) is 9.56 Å². The van der Waals surface area contributed by atoms with E-state index in [1.54, 1.807) is 30.5 Å². The molecule has 0 spiro atoms. The van der Waals surface area contributed by atoms with Crippen LogP contribution in [0.5, 0.6) is 5.75 Å². The van der Waals surface area contributed by atoms with E-state index in [0.29, 0.717) is 35.3 Å². The van der Waals surface area contributed by atoms with Crippen LogP contribution >= 0.6 is 23.8 Å². The monoisotopic (exact) mass is 322 g/mol. The fourth-order valence-corrected chi connectivity index (χ4v) is 1.99. The third-order valence-electron chi connectivity index (χ3n) is 2.89. The van der Waals surface area contributed by atoms with Gasteiger partial charge in [0, 0.05) is 24.2 Å². The maximum Gasteiger partial charge on any atom is 0.292 e. The molecular formula is C15H15ClN2O2S. The van der Waals surface area contributed by atoms with Gasteiger partial charge in [-0.05, 0) is 29.8 Å². The van der Waals surface area contributed by atoms with Gasteiger partial charge in [-0.15, -0.1) is 0 Å². The van der Waals surface area contributed by atoms with E-state index in [2.05, 4.69) is 0 Å². The Morgan fingerprint density at radius 2 is 2.00 bits per heavy atom. The van der Waals surface area contributed by atoms with Crippen LogP contribution in [-0.2, 0) is 13.2 Å². The van der Waals surface area contributed by atoms with Gasteiger partial charge >= 0.3 is 0 Å². The first-order valence-corrected chi connectivity index (χ1v) is 7.20. The minimum atomic E-state index is -0.192. The summed E-state index contributed by atoms with van der Waals surface area (Å²) < 4.78 is 7.11. The van der Waals surface area contributed by atoms with E-state index in [4.69, 9.17) is 34.3 Å². The Bertz CT molecular complexity index is 683. The zero-order chi connectivity index (χ0) is 15.2. The Balaban J connectivity index is 2.06. The summed E-state index contributed by atoms with van der Waals surface area (Å²) in [4.78, 5) is 12.6. The molecule has 0 radical (unpaired) electrons. The molecule has 0 aliphatic rings. The molecule has 0 amide bonds. The predicted molar refractivity (Wildman–Crippen MR) is 87.9 cm³/mol. The number of nitrogens with zero attached hydrogens (tertiary/aromatic N) is 1. The summed E-state index contributed by atoms with van der Waals surface area (Å²) in [5.74, 6) is 0.301. The molecule has 1 aromatic heterocycles. The lowest BCUT2D eigenvalue weighted by Crippen LogP contribution is -2.23. The second-order valence-electron chi connectivity index (χ2n) is 4.50. The largest absolute Gasteiger partial charge is 0.483 e. The van der Waals surface area contributed by atoms with Crippen LogP contribution in [0.3, 0.4) is 0 Å². The van der Waals surface area contributed by atoms with Crippen molar-refractivity contribution in [2.45, 2.75) is 19.6 Å². The molecule has 1 heterocycles. The predicted octanol–water partition coefficient (Wildman–Crippen LogP) is 2.76. The van der Waals surface area contributed by atoms with Crippen molar-refractivity contribution >= 4 is 28.8 Å². The Kier molecular flexibility index (Phi) is 5.36. The molecule has 0 bridgehead atoms. The van der Waals surface area contributed by atoms with Gasteiger partial charge in [0.05, 0.1) is 4.99 Å². The first kappa shape index (κ1) is 15.5. The molecule has 0 saturated heterocycles. The molecule has 2 N–H and O–H groups in total. The van der Waals surface area contributed by atoms with Crippen LogP contribution in [0.1, 0.15) is 12.0 Å². The lowest BCUT2D eigenvalue weighted by molar-refractivity contribution is 0.299. The van der Waals surface area contributed by atoms with Gasteiger partial charge in [0.25, 0.3) is 5.56 Å². The van der Waals surface area contributed by atoms with Crippen LogP contribution in [0, 0.1) is 0 Å². The molecule has 0 aliphatic heterocycles. The summed E-state index contributed by atoms with van der Waals surface area (Å²) in [5.41, 5.74) is 6.20. The number of aryl methyl sites for hydroxylation is 1. The topological polar surface area (TPSA) is 57.2 Å². The van der Waals surface area contributed by atoms with Gasteiger partial charge in [-0.3, -0.25) is 4.79 Å². The number of rotatable bonds is 6. The van der Waals surface area contributed by atoms with E-state index in [0.717, 1.165) is 5.56 Å². The Morgan fingerprint density at radius 3 is 2.67 bits per heavy atom. The number of hydrogen-bond acceptors (Lipinski definition) is 3. The molecule has 2 aromatic rings. The van der Waals surface area contributed by atoms with Crippen molar-refractivity contribution in [3.8, 4) is 5.75 Å². The van der Waals surface area contributed by atoms with Gasteiger partial charge in [-0.25, -0.2) is 0 Å². The van der Waals surface area contributed by atoms with Gasteiger partial charge in [0.1, 0.15) is 6.61 Å². The molecule has 21 heavy (non-hydrogen) atoms. The van der Waals surface area contributed by atoms with Gasteiger partial charge in [0.15, 0.2) is 5.75 Å². The van der Waals surface area contributed by atoms with E-state index in [-0.39, 0.29) is 5.56 Å². The summed E-state index contributed by atoms with van der Waals surface area (Å²) >= 11 is 10.6. The normalized spacial score (nSPS) is 10.3. The summed E-state index contributed by atoms with van der Waals surface area (Å²) in [6.45, 7) is 0.762. The van der Waals surface area contributed by atoms with E-state index >= 15 is 0 Å². The maximum atomic E-state index is 12.2. The fraction of sp³-hybridized carbons (Fsp3) is 0.200. The van der Waals surface area contributed by atoms with Crippen molar-refractivity contribution in [2.24, 2.45) is 5.73 Å². The van der Waals surface area contributed by atoms with Crippen molar-refractivity contribution in [3.63, 3.8) is 0 Å². The molecule has 0 aliphatic carbocycles. The molecule has 0 fully saturated rings. The minimum absolute atomic E-state index is 0.192. The van der Waals surface area contributed by atoms with Gasteiger partial charge in [-0.1, -0.05) is 36.0 Å². The number of halogens is 1. The summed E-state index contributed by atoms with van der Waals surface area (Å²) in [7, 11) is 0. The van der Waals surface area contributed by atoms with Crippen LogP contribution in [0.25, 0.3) is 0 Å². The molecule has 0 atom stereocenters. The van der Waals surface area contributed by atoms with Crippen LogP contribution < -0.4 is 16.0 Å². The average molecular weight is 323 g/mol. The smallest absolute Gasteiger partial charge is 0.292 e. The number of benzene rings is 1. The van der Waals surface area contributed by atoms with Gasteiger partial charge in [0.2, 0.25) is 0 Å². The second-order valence-corrected chi connectivity index (χ2v) is 5.46. The highest BCUT2D eigenvalue weighted by Crippen LogP contribution is 2.12. The number of aromatic nitrogens is 1. The number of nitrogens with two attached hydrogens (primary N) is 1. The van der Waals surface area contributed by atoms with Crippen molar-refractivity contribution in [1.29, 1.82) is 0 Å². The maximum absolute atomic E-state index is 12.2. The highest BCUT2D eigenvalue weighted by Gasteiger charge is 2.05. The summed E-state index contributed by atoms with van der Waals surface area (Å²) in [6.07, 6.45) is 2.17. The number of hydrogen-bond donors (Lipinski definition) is 1. The van der Waals surface area contributed by atoms with Crippen molar-refractivity contribution in [2.75, 3.05) is 0 Å². The lowest BCUT2D eigenvalue weighted by atomic mass is 10.2. The molecule has 6 heteroatoms. The van der Waals surface area contributed by atoms with Crippen LogP contribution in [0.15, 0.2) is 47.4 Å². The molecule has 2 rings (SSSR count). The average Bonchev–Trinajstić information content (AvgIpc) is 2.46. The Labute approximate surface area is 133 Å². The molecular weight excluding hydrogens is 308 g/mol. The van der Waals surface area contributed by atoms with Crippen LogP contribution in [0.2, 0.25) is 5.02 Å². The van der Waals surface area contributed by atoms with Crippen molar-refractivity contribution in [3.05, 3.63) is 63.5 Å². The Morgan fingerprint density at radius 1 is 1.29 bits per heavy atom. The van der Waals surface area contributed by atoms with E-state index in [9.17, 15) is 4.79 Å². The number of thiocarbonyl (C=S) groups is 1. The molecule has 0 unspecified atom stereocenters. The molecule has 0 saturated carbocycles. The van der Waals surface area contributed by atoms with Crippen molar-refractivity contribution in [1.82, 2.24) is 4.57 Å². The number of ether oxygens (including phenoxy) is 1. The molecule has 4 nitrogen and oxygen atoms in total. The van der Waals surface area contributed by atoms with E-state index < -0.39 is 0 Å². The zero-order valence-corrected chi connectivity index (χ0v) is 12.9. The van der Waals surface area contributed by atoms with Crippen LogP contribution in [0.4, 0.5) is 0 Å². The fourth-order valence-electron chi connectivity index (χ4n) is 1.77. The minimum Gasteiger partial charge on any atom is -0.483 e. The third-order valence-corrected chi connectivity index (χ3v) is 3.35. The summed E-state index contributed by atoms with van der Waals surface area (Å²) in [5, 5.41) is 0.665. The van der Waals surface area contributed by atoms with Gasteiger partial charge in [-0.2, -0.15) is 0 Å². The zero-order valence-electron chi connectivity index (χ0n) is 11.3. The SMILES string of the molecule is NC(=S)CCn1cccc(OCc2ccc(Cl)cc2)c1=O. The van der Waals surface area contributed by atoms with E-state index in [1.165, 1.54) is 4.57 Å². The van der Waals surface area contributed by atoms with Gasteiger partial charge < -0.3 is 15.0 Å². The molecule has 1 aromatic carbocycles. The lowest BCUT2D eigenvalue weighted by Gasteiger charge is -2.09. The standard InChI is InChI=1S/C15H15ClN2O2S/c16-12-5-3-11(4-6-12)10-20-13-2-1-8-18(15(13)19)9-7-14(17)21/h1-6,8H,7,9-10H2,(H2,17,21). The Hall–Kier alpha value is -1.85. The number of pyridine rings is 1. The first-order valence-electron chi connectivity index (χ1n) is 6.41. The highest BCUT2D eigenvalue weighted by atomic mass is 35.5. The highest BCUT2D eigenvalue weighted by molar-refractivity contribution is 7.80. The molecule has 110 valence electrons. The summed E-state index contributed by atoms with van der Waals surface area (Å²) in [6, 6.07) is 10.7. The second kappa shape index (κ2) is 7.24. The van der Waals surface area contributed by atoms with Crippen molar-refractivity contribution < 1.29 is 4.74 Å².